The van der Waals surface area contributed by atoms with Crippen molar-refractivity contribution in [3.8, 4) is 11.3 Å². The lowest BCUT2D eigenvalue weighted by Gasteiger charge is -2.10. The van der Waals surface area contributed by atoms with Crippen LogP contribution in [-0.4, -0.2) is 22.1 Å². The van der Waals surface area contributed by atoms with Crippen LogP contribution in [0.15, 0.2) is 65.1 Å². The van der Waals surface area contributed by atoms with E-state index in [0.717, 1.165) is 5.56 Å². The molecule has 0 atom stereocenters. The van der Waals surface area contributed by atoms with Gasteiger partial charge in [0, 0.05) is 10.6 Å². The number of carboxylic acids is 1. The molecule has 0 aliphatic carbocycles. The van der Waals surface area contributed by atoms with Gasteiger partial charge in [-0.25, -0.2) is 4.79 Å². The number of carboxylic acid groups (broad SMARTS) is 1. The summed E-state index contributed by atoms with van der Waals surface area (Å²) in [6, 6.07) is 16.4. The van der Waals surface area contributed by atoms with Gasteiger partial charge in [0.2, 0.25) is 0 Å². The molecule has 0 radical (unpaired) electrons. The summed E-state index contributed by atoms with van der Waals surface area (Å²) in [7, 11) is 0. The summed E-state index contributed by atoms with van der Waals surface area (Å²) in [4.78, 5) is 23.5. The quantitative estimate of drug-likeness (QED) is 0.561. The van der Waals surface area contributed by atoms with Gasteiger partial charge in [0.25, 0.3) is 5.91 Å². The summed E-state index contributed by atoms with van der Waals surface area (Å²) in [5.74, 6) is -1.09. The minimum absolute atomic E-state index is 0.0390. The predicted octanol–water partition coefficient (Wildman–Crippen LogP) is 4.43. The van der Waals surface area contributed by atoms with Crippen LogP contribution in [0.1, 0.15) is 20.9 Å². The predicted molar refractivity (Wildman–Crippen MR) is 106 cm³/mol. The molecular weight excluding hydrogens is 388 g/mol. The summed E-state index contributed by atoms with van der Waals surface area (Å²) in [5, 5.41) is 14.9. The minimum Gasteiger partial charge on any atom is -0.478 e. The Kier molecular flexibility index (Phi) is 5.54. The van der Waals surface area contributed by atoms with Crippen LogP contribution in [0, 0.1) is 0 Å². The molecule has 0 unspecified atom stereocenters. The Morgan fingerprint density at radius 1 is 1.00 bits per heavy atom. The lowest BCUT2D eigenvalue weighted by molar-refractivity contribution is 0.0698. The Labute approximate surface area is 164 Å². The van der Waals surface area contributed by atoms with Crippen LogP contribution in [0.25, 0.3) is 11.3 Å². The number of rotatable bonds is 4. The minimum atomic E-state index is -1.11. The average molecular weight is 401 g/mol. The van der Waals surface area contributed by atoms with Crippen LogP contribution in [0.5, 0.6) is 0 Å². The highest BCUT2D eigenvalue weighted by atomic mass is 35.5. The van der Waals surface area contributed by atoms with Gasteiger partial charge < -0.3 is 14.8 Å². The van der Waals surface area contributed by atoms with E-state index >= 15 is 0 Å². The molecule has 136 valence electrons. The largest absolute Gasteiger partial charge is 0.478 e. The third-order valence-corrected chi connectivity index (χ3v) is 4.05. The second-order valence-corrected chi connectivity index (χ2v) is 6.27. The van der Waals surface area contributed by atoms with Gasteiger partial charge >= 0.3 is 5.97 Å². The van der Waals surface area contributed by atoms with Crippen LogP contribution in [0.3, 0.4) is 0 Å². The van der Waals surface area contributed by atoms with E-state index in [2.05, 4.69) is 10.6 Å². The fourth-order valence-corrected chi connectivity index (χ4v) is 2.65. The zero-order valence-electron chi connectivity index (χ0n) is 13.7. The van der Waals surface area contributed by atoms with Crippen molar-refractivity contribution in [2.75, 3.05) is 5.32 Å². The molecule has 1 amide bonds. The molecule has 0 fully saturated rings. The third kappa shape index (κ3) is 4.52. The maximum atomic E-state index is 12.3. The lowest BCUT2D eigenvalue weighted by Crippen LogP contribution is -2.34. The first kappa shape index (κ1) is 18.6. The number of carbonyl (C=O) groups is 2. The van der Waals surface area contributed by atoms with Crippen molar-refractivity contribution in [1.82, 2.24) is 5.32 Å². The van der Waals surface area contributed by atoms with Crippen LogP contribution in [-0.2, 0) is 0 Å². The molecule has 3 N–H and O–H groups in total. The second-order valence-electron chi connectivity index (χ2n) is 5.43. The fourth-order valence-electron chi connectivity index (χ4n) is 2.33. The highest BCUT2D eigenvalue weighted by Crippen LogP contribution is 2.24. The molecule has 3 rings (SSSR count). The van der Waals surface area contributed by atoms with Crippen molar-refractivity contribution in [1.29, 1.82) is 0 Å². The van der Waals surface area contributed by atoms with Crippen molar-refractivity contribution in [3.63, 3.8) is 0 Å². The van der Waals surface area contributed by atoms with Gasteiger partial charge in [-0.15, -0.1) is 0 Å². The van der Waals surface area contributed by atoms with E-state index in [1.807, 2.05) is 0 Å². The van der Waals surface area contributed by atoms with E-state index in [-0.39, 0.29) is 22.1 Å². The number of thiocarbonyl (C=S) groups is 1. The molecule has 0 saturated heterocycles. The Hall–Kier alpha value is -3.16. The fraction of sp³-hybridized carbons (Fsp3) is 0. The number of furan rings is 1. The highest BCUT2D eigenvalue weighted by molar-refractivity contribution is 7.80. The standard InChI is InChI=1S/C19H13ClN2O4S/c20-12-7-5-11(6-8-12)15-9-10-16(26-15)17(23)22-19(27)21-14-4-2-1-3-13(14)18(24)25/h1-10H,(H,24,25)(H2,21,22,23,27). The van der Waals surface area contributed by atoms with Gasteiger partial charge in [-0.1, -0.05) is 23.7 Å². The second kappa shape index (κ2) is 8.03. The van der Waals surface area contributed by atoms with E-state index < -0.39 is 11.9 Å². The Balaban J connectivity index is 1.68. The normalized spacial score (nSPS) is 10.3. The topological polar surface area (TPSA) is 91.6 Å². The molecule has 27 heavy (non-hydrogen) atoms. The third-order valence-electron chi connectivity index (χ3n) is 3.59. The first-order valence-corrected chi connectivity index (χ1v) is 8.53. The van der Waals surface area contributed by atoms with Crippen LogP contribution in [0.4, 0.5) is 5.69 Å². The van der Waals surface area contributed by atoms with Crippen molar-refractivity contribution in [3.05, 3.63) is 77.0 Å². The molecule has 3 aromatic rings. The molecule has 2 aromatic carbocycles. The highest BCUT2D eigenvalue weighted by Gasteiger charge is 2.15. The van der Waals surface area contributed by atoms with Gasteiger partial charge in [0.05, 0.1) is 11.3 Å². The van der Waals surface area contributed by atoms with Crippen LogP contribution < -0.4 is 10.6 Å². The maximum Gasteiger partial charge on any atom is 0.337 e. The average Bonchev–Trinajstić information content (AvgIpc) is 3.13. The number of carbonyl (C=O) groups excluding carboxylic acids is 1. The maximum absolute atomic E-state index is 12.3. The summed E-state index contributed by atoms with van der Waals surface area (Å²) >= 11 is 10.9. The molecule has 0 saturated carbocycles. The van der Waals surface area contributed by atoms with E-state index in [4.69, 9.17) is 28.2 Å². The van der Waals surface area contributed by atoms with Crippen molar-refractivity contribution < 1.29 is 19.1 Å². The number of hydrogen-bond donors (Lipinski definition) is 3. The molecule has 1 heterocycles. The van der Waals surface area contributed by atoms with E-state index in [1.54, 1.807) is 48.5 Å². The first-order chi connectivity index (χ1) is 12.9. The molecule has 8 heteroatoms. The van der Waals surface area contributed by atoms with E-state index in [0.29, 0.717) is 10.8 Å². The number of halogens is 1. The number of nitrogens with one attached hydrogen (secondary N) is 2. The van der Waals surface area contributed by atoms with Crippen molar-refractivity contribution in [2.24, 2.45) is 0 Å². The molecular formula is C19H13ClN2O4S. The van der Waals surface area contributed by atoms with Crippen LogP contribution in [0.2, 0.25) is 5.02 Å². The zero-order valence-corrected chi connectivity index (χ0v) is 15.3. The van der Waals surface area contributed by atoms with Gasteiger partial charge in [-0.3, -0.25) is 10.1 Å². The smallest absolute Gasteiger partial charge is 0.337 e. The van der Waals surface area contributed by atoms with Gasteiger partial charge in [0.15, 0.2) is 10.9 Å². The molecule has 0 bridgehead atoms. The van der Waals surface area contributed by atoms with E-state index in [1.165, 1.54) is 12.1 Å². The number of hydrogen-bond acceptors (Lipinski definition) is 4. The lowest BCUT2D eigenvalue weighted by atomic mass is 10.2. The molecule has 0 spiro atoms. The van der Waals surface area contributed by atoms with Crippen molar-refractivity contribution >= 4 is 46.5 Å². The Morgan fingerprint density at radius 2 is 1.70 bits per heavy atom. The summed E-state index contributed by atoms with van der Waals surface area (Å²) < 4.78 is 5.55. The molecule has 6 nitrogen and oxygen atoms in total. The number of para-hydroxylation sites is 1. The Morgan fingerprint density at radius 3 is 2.41 bits per heavy atom. The van der Waals surface area contributed by atoms with E-state index in [9.17, 15) is 14.7 Å². The number of aromatic carboxylic acids is 1. The zero-order chi connectivity index (χ0) is 19.4. The van der Waals surface area contributed by atoms with Gasteiger partial charge in [-0.05, 0) is 60.7 Å². The first-order valence-electron chi connectivity index (χ1n) is 7.74. The van der Waals surface area contributed by atoms with Gasteiger partial charge in [-0.2, -0.15) is 0 Å². The Bertz CT molecular complexity index is 1010. The summed E-state index contributed by atoms with van der Waals surface area (Å²) in [5.41, 5.74) is 1.09. The summed E-state index contributed by atoms with van der Waals surface area (Å²) in [6.07, 6.45) is 0. The molecule has 1 aromatic heterocycles. The van der Waals surface area contributed by atoms with Crippen molar-refractivity contribution in [2.45, 2.75) is 0 Å². The monoisotopic (exact) mass is 400 g/mol. The molecule has 0 aliphatic rings. The number of anilines is 1. The number of benzene rings is 2. The van der Waals surface area contributed by atoms with Gasteiger partial charge in [0.1, 0.15) is 5.76 Å². The summed E-state index contributed by atoms with van der Waals surface area (Å²) in [6.45, 7) is 0. The SMILES string of the molecule is O=C(NC(=S)Nc1ccccc1C(=O)O)c1ccc(-c2ccc(Cl)cc2)o1. The molecule has 0 aliphatic heterocycles. The number of amides is 1. The van der Waals surface area contributed by atoms with Crippen LogP contribution >= 0.6 is 23.8 Å².